The van der Waals surface area contributed by atoms with Crippen molar-refractivity contribution in [3.63, 3.8) is 0 Å². The first-order valence-corrected chi connectivity index (χ1v) is 4.30. The van der Waals surface area contributed by atoms with Gasteiger partial charge in [-0.05, 0) is 0 Å². The summed E-state index contributed by atoms with van der Waals surface area (Å²) in [4.78, 5) is 10.7. The lowest BCUT2D eigenvalue weighted by atomic mass is 10.1. The fourth-order valence-corrected chi connectivity index (χ4v) is 0.741. The largest absolute Gasteiger partial charge is 0.378 e. The van der Waals surface area contributed by atoms with Crippen LogP contribution in [0.15, 0.2) is 0 Å². The summed E-state index contributed by atoms with van der Waals surface area (Å²) >= 11 is 0. The molecule has 1 unspecified atom stereocenters. The topological polar surface area (TPSA) is 87.6 Å². The third kappa shape index (κ3) is 6.43. The summed E-state index contributed by atoms with van der Waals surface area (Å²) in [5.74, 6) is 1.45. The van der Waals surface area contributed by atoms with Gasteiger partial charge in [-0.3, -0.25) is 4.79 Å². The molecule has 5 nitrogen and oxygen atoms in total. The maximum Gasteiger partial charge on any atom is 0.224 e. The molecule has 1 amide bonds. The minimum absolute atomic E-state index is 0.195. The highest BCUT2D eigenvalue weighted by molar-refractivity contribution is 5.76. The maximum absolute atomic E-state index is 10.7. The molecule has 0 spiro atoms. The zero-order valence-corrected chi connectivity index (χ0v) is 8.07. The van der Waals surface area contributed by atoms with E-state index in [0.717, 1.165) is 0 Å². The van der Waals surface area contributed by atoms with Crippen LogP contribution in [0.3, 0.4) is 0 Å². The Morgan fingerprint density at radius 2 is 2.07 bits per heavy atom. The number of primary amides is 1. The first-order chi connectivity index (χ1) is 6.72. The Balaban J connectivity index is 3.34. The second kappa shape index (κ2) is 8.51. The highest BCUT2D eigenvalue weighted by Gasteiger charge is 2.12. The molecule has 4 N–H and O–H groups in total. The normalized spacial score (nSPS) is 12.0. The van der Waals surface area contributed by atoms with Gasteiger partial charge in [-0.25, -0.2) is 0 Å². The van der Waals surface area contributed by atoms with Crippen molar-refractivity contribution < 1.29 is 14.3 Å². The first-order valence-electron chi connectivity index (χ1n) is 4.30. The van der Waals surface area contributed by atoms with Crippen molar-refractivity contribution in [3.8, 4) is 12.3 Å². The van der Waals surface area contributed by atoms with Crippen molar-refractivity contribution >= 4 is 5.91 Å². The molecule has 14 heavy (non-hydrogen) atoms. The van der Waals surface area contributed by atoms with E-state index in [1.165, 1.54) is 0 Å². The zero-order chi connectivity index (χ0) is 10.8. The van der Waals surface area contributed by atoms with Crippen LogP contribution in [0.4, 0.5) is 0 Å². The van der Waals surface area contributed by atoms with Crippen LogP contribution in [0.1, 0.15) is 0 Å². The van der Waals surface area contributed by atoms with E-state index in [-0.39, 0.29) is 19.8 Å². The van der Waals surface area contributed by atoms with Gasteiger partial charge in [0.2, 0.25) is 5.91 Å². The second-order valence-corrected chi connectivity index (χ2v) is 2.67. The molecule has 0 saturated carbocycles. The number of carbonyl (C=O) groups excluding carboxylic acids is 1. The first kappa shape index (κ1) is 12.9. The number of terminal acetylenes is 1. The van der Waals surface area contributed by atoms with Crippen molar-refractivity contribution in [1.29, 1.82) is 0 Å². The molecule has 0 heterocycles. The van der Waals surface area contributed by atoms with E-state index in [9.17, 15) is 4.79 Å². The predicted molar refractivity (Wildman–Crippen MR) is 52.2 cm³/mol. The van der Waals surface area contributed by atoms with Crippen molar-refractivity contribution in [2.75, 3.05) is 33.0 Å². The lowest BCUT2D eigenvalue weighted by molar-refractivity contribution is -0.123. The van der Waals surface area contributed by atoms with E-state index in [0.29, 0.717) is 13.2 Å². The Morgan fingerprint density at radius 3 is 2.57 bits per heavy atom. The van der Waals surface area contributed by atoms with Crippen molar-refractivity contribution in [2.45, 2.75) is 0 Å². The number of hydrogen-bond donors (Lipinski definition) is 2. The van der Waals surface area contributed by atoms with Gasteiger partial charge >= 0.3 is 0 Å². The number of hydrogen-bond acceptors (Lipinski definition) is 4. The lowest BCUT2D eigenvalue weighted by Crippen LogP contribution is -2.33. The molecule has 0 radical (unpaired) electrons. The summed E-state index contributed by atoms with van der Waals surface area (Å²) in [5, 5.41) is 0. The average Bonchev–Trinajstić information content (AvgIpc) is 2.16. The smallest absolute Gasteiger partial charge is 0.224 e. The van der Waals surface area contributed by atoms with Gasteiger partial charge < -0.3 is 20.9 Å². The molecule has 0 rings (SSSR count). The van der Waals surface area contributed by atoms with Gasteiger partial charge in [-0.1, -0.05) is 5.92 Å². The molecule has 0 saturated heterocycles. The highest BCUT2D eigenvalue weighted by atomic mass is 16.5. The van der Waals surface area contributed by atoms with Gasteiger partial charge in [0.05, 0.1) is 25.7 Å². The fraction of sp³-hybridized carbons (Fsp3) is 0.667. The summed E-state index contributed by atoms with van der Waals surface area (Å²) in [6.45, 7) is 1.47. The number of ether oxygens (including phenoxy) is 2. The van der Waals surface area contributed by atoms with Gasteiger partial charge in [-0.2, -0.15) is 0 Å². The van der Waals surface area contributed by atoms with Crippen molar-refractivity contribution in [2.24, 2.45) is 17.4 Å². The van der Waals surface area contributed by atoms with Gasteiger partial charge in [-0.15, -0.1) is 6.42 Å². The molecule has 0 fully saturated rings. The van der Waals surface area contributed by atoms with Crippen LogP contribution in [-0.2, 0) is 14.3 Å². The number of nitrogens with two attached hydrogens (primary N) is 2. The van der Waals surface area contributed by atoms with Crippen LogP contribution in [0.5, 0.6) is 0 Å². The van der Waals surface area contributed by atoms with E-state index in [1.807, 2.05) is 0 Å². The van der Waals surface area contributed by atoms with Gasteiger partial charge in [0, 0.05) is 6.54 Å². The highest BCUT2D eigenvalue weighted by Crippen LogP contribution is 1.93. The summed E-state index contributed by atoms with van der Waals surface area (Å²) in [6, 6.07) is 0. The molecule has 0 aromatic heterocycles. The minimum Gasteiger partial charge on any atom is -0.378 e. The Bertz CT molecular complexity index is 201. The number of amides is 1. The second-order valence-electron chi connectivity index (χ2n) is 2.67. The van der Waals surface area contributed by atoms with E-state index in [2.05, 4.69) is 5.92 Å². The maximum atomic E-state index is 10.7. The summed E-state index contributed by atoms with van der Waals surface area (Å²) in [6.07, 6.45) is 4.96. The Kier molecular flexibility index (Phi) is 7.84. The molecular weight excluding hydrogens is 184 g/mol. The molecule has 80 valence electrons. The van der Waals surface area contributed by atoms with Crippen LogP contribution in [-0.4, -0.2) is 38.9 Å². The van der Waals surface area contributed by atoms with Gasteiger partial charge in [0.25, 0.3) is 0 Å². The molecule has 0 aromatic rings. The molecule has 0 aromatic carbocycles. The third-order valence-electron chi connectivity index (χ3n) is 1.56. The monoisotopic (exact) mass is 200 g/mol. The number of rotatable bonds is 8. The fourth-order valence-electron chi connectivity index (χ4n) is 0.741. The van der Waals surface area contributed by atoms with Crippen LogP contribution in [0.25, 0.3) is 0 Å². The Labute approximate surface area is 83.7 Å². The molecule has 1 atom stereocenters. The summed E-state index contributed by atoms with van der Waals surface area (Å²) in [7, 11) is 0. The molecule has 0 aliphatic rings. The van der Waals surface area contributed by atoms with Crippen LogP contribution >= 0.6 is 0 Å². The van der Waals surface area contributed by atoms with E-state index in [4.69, 9.17) is 27.4 Å². The number of carbonyl (C=O) groups is 1. The van der Waals surface area contributed by atoms with Gasteiger partial charge in [0.1, 0.15) is 6.61 Å². The van der Waals surface area contributed by atoms with Crippen LogP contribution < -0.4 is 11.5 Å². The molecule has 0 bridgehead atoms. The molecule has 0 aliphatic carbocycles. The lowest BCUT2D eigenvalue weighted by Gasteiger charge is -2.10. The van der Waals surface area contributed by atoms with Crippen LogP contribution in [0.2, 0.25) is 0 Å². The standard InChI is InChI=1S/C9H16N2O3/c1-2-3-13-4-5-14-7-8(6-10)9(11)12/h1,8H,3-7,10H2,(H2,11,12). The summed E-state index contributed by atoms with van der Waals surface area (Å²) < 4.78 is 10.1. The third-order valence-corrected chi connectivity index (χ3v) is 1.56. The molecule has 0 aliphatic heterocycles. The van der Waals surface area contributed by atoms with Crippen LogP contribution in [0, 0.1) is 18.3 Å². The predicted octanol–water partition coefficient (Wildman–Crippen LogP) is -1.29. The van der Waals surface area contributed by atoms with Gasteiger partial charge in [0.15, 0.2) is 0 Å². The SMILES string of the molecule is C#CCOCCOCC(CN)C(N)=O. The van der Waals surface area contributed by atoms with E-state index >= 15 is 0 Å². The Hall–Kier alpha value is -1.09. The average molecular weight is 200 g/mol. The van der Waals surface area contributed by atoms with E-state index in [1.54, 1.807) is 0 Å². The minimum atomic E-state index is -0.447. The van der Waals surface area contributed by atoms with Crippen molar-refractivity contribution in [3.05, 3.63) is 0 Å². The molecule has 5 heteroatoms. The Morgan fingerprint density at radius 1 is 1.43 bits per heavy atom. The molecular formula is C9H16N2O3. The van der Waals surface area contributed by atoms with E-state index < -0.39 is 11.8 Å². The quantitative estimate of drug-likeness (QED) is 0.377. The zero-order valence-electron chi connectivity index (χ0n) is 8.07. The van der Waals surface area contributed by atoms with Crippen molar-refractivity contribution in [1.82, 2.24) is 0 Å². The summed E-state index contributed by atoms with van der Waals surface area (Å²) in [5.41, 5.74) is 10.4.